The molecule has 0 heterocycles. The molecule has 1 aliphatic carbocycles. The summed E-state index contributed by atoms with van der Waals surface area (Å²) in [5.41, 5.74) is 5.24. The van der Waals surface area contributed by atoms with Crippen LogP contribution in [-0.2, 0) is 19.3 Å². The van der Waals surface area contributed by atoms with Gasteiger partial charge in [0.2, 0.25) is 0 Å². The number of halogens is 2. The van der Waals surface area contributed by atoms with Crippen molar-refractivity contribution < 1.29 is 8.78 Å². The summed E-state index contributed by atoms with van der Waals surface area (Å²) in [6.07, 6.45) is 8.09. The van der Waals surface area contributed by atoms with E-state index in [0.29, 0.717) is 23.5 Å². The largest absolute Gasteiger partial charge is 0.206 e. The topological polar surface area (TPSA) is 0 Å². The first kappa shape index (κ1) is 24.8. The Kier molecular flexibility index (Phi) is 8.39. The highest BCUT2D eigenvalue weighted by Gasteiger charge is 2.24. The van der Waals surface area contributed by atoms with Crippen LogP contribution in [0.25, 0.3) is 0 Å². The number of fused-ring (bicyclic) bond motifs is 1. The Balaban J connectivity index is 1.46. The van der Waals surface area contributed by atoms with Crippen LogP contribution in [0.4, 0.5) is 8.78 Å². The highest BCUT2D eigenvalue weighted by molar-refractivity contribution is 5.50. The average Bonchev–Trinajstić information content (AvgIpc) is 2.87. The molecule has 35 heavy (non-hydrogen) atoms. The Hall–Kier alpha value is -3.36. The molecule has 0 N–H and O–H groups in total. The lowest BCUT2D eigenvalue weighted by Gasteiger charge is -2.25. The molecule has 3 aromatic carbocycles. The van der Waals surface area contributed by atoms with Crippen LogP contribution >= 0.6 is 0 Å². The maximum absolute atomic E-state index is 15.1. The maximum Gasteiger partial charge on any atom is 0.145 e. The fourth-order valence-electron chi connectivity index (χ4n) is 4.74. The molecule has 0 spiro atoms. The second-order valence-corrected chi connectivity index (χ2v) is 9.46. The van der Waals surface area contributed by atoms with Crippen molar-refractivity contribution in [2.75, 3.05) is 0 Å². The number of hydrogen-bond acceptors (Lipinski definition) is 0. The van der Waals surface area contributed by atoms with Crippen molar-refractivity contribution in [2.45, 2.75) is 65.2 Å². The fraction of sp³-hybridized carbons (Fsp3) is 0.333. The molecule has 4 rings (SSSR count). The molecule has 178 valence electrons. The monoisotopic (exact) mass is 466 g/mol. The third-order valence-corrected chi connectivity index (χ3v) is 6.76. The van der Waals surface area contributed by atoms with Gasteiger partial charge in [-0.05, 0) is 97.2 Å². The normalized spacial score (nSPS) is 14.3. The van der Waals surface area contributed by atoms with Gasteiger partial charge in [0, 0.05) is 16.7 Å². The molecule has 0 radical (unpaired) electrons. The van der Waals surface area contributed by atoms with Crippen molar-refractivity contribution in [3.63, 3.8) is 0 Å². The summed E-state index contributed by atoms with van der Waals surface area (Å²) in [5, 5.41) is 0. The van der Waals surface area contributed by atoms with E-state index in [0.717, 1.165) is 48.8 Å². The SMILES string of the molecule is CCCCc1ccc(C#Cc2ccc(C#Cc3c(F)cc4c(c3F)CCC(CCC)C4)cc2)cc1. The molecule has 3 aromatic rings. The Bertz CT molecular complexity index is 1280. The molecule has 0 saturated heterocycles. The summed E-state index contributed by atoms with van der Waals surface area (Å²) >= 11 is 0. The molecule has 1 unspecified atom stereocenters. The lowest BCUT2D eigenvalue weighted by molar-refractivity contribution is 0.411. The van der Waals surface area contributed by atoms with Gasteiger partial charge in [0.25, 0.3) is 0 Å². The lowest BCUT2D eigenvalue weighted by atomic mass is 9.81. The fourth-order valence-corrected chi connectivity index (χ4v) is 4.74. The zero-order chi connectivity index (χ0) is 24.6. The van der Waals surface area contributed by atoms with E-state index in [2.05, 4.69) is 61.8 Å². The van der Waals surface area contributed by atoms with E-state index in [1.54, 1.807) is 0 Å². The standard InChI is InChI=1S/C33H32F2/c1-3-5-7-24-8-10-25(11-9-24)12-13-26-14-16-27(17-15-26)18-21-31-32(34)23-29-22-28(6-4-2)19-20-30(29)33(31)35/h8-11,14-17,23,28H,3-7,19-20,22H2,1-2H3. The molecule has 0 bridgehead atoms. The summed E-state index contributed by atoms with van der Waals surface area (Å²) < 4.78 is 29.8. The Morgan fingerprint density at radius 3 is 2.00 bits per heavy atom. The first-order chi connectivity index (χ1) is 17.1. The zero-order valence-electron chi connectivity index (χ0n) is 20.7. The van der Waals surface area contributed by atoms with Gasteiger partial charge in [0.1, 0.15) is 11.6 Å². The quantitative estimate of drug-likeness (QED) is 0.334. The molecule has 1 aliphatic rings. The van der Waals surface area contributed by atoms with Crippen molar-refractivity contribution in [1.29, 1.82) is 0 Å². The number of hydrogen-bond donors (Lipinski definition) is 0. The molecule has 2 heteroatoms. The van der Waals surface area contributed by atoms with E-state index in [9.17, 15) is 4.39 Å². The van der Waals surface area contributed by atoms with Gasteiger partial charge < -0.3 is 0 Å². The zero-order valence-corrected chi connectivity index (χ0v) is 20.7. The summed E-state index contributed by atoms with van der Waals surface area (Å²) in [4.78, 5) is 0. The maximum atomic E-state index is 15.1. The van der Waals surface area contributed by atoms with Crippen LogP contribution in [0, 0.1) is 41.2 Å². The lowest BCUT2D eigenvalue weighted by Crippen LogP contribution is -2.17. The Morgan fingerprint density at radius 2 is 1.40 bits per heavy atom. The van der Waals surface area contributed by atoms with Crippen LogP contribution in [0.2, 0.25) is 0 Å². The van der Waals surface area contributed by atoms with Crippen LogP contribution in [0.5, 0.6) is 0 Å². The first-order valence-electron chi connectivity index (χ1n) is 12.8. The molecule has 0 saturated carbocycles. The van der Waals surface area contributed by atoms with Gasteiger partial charge in [0.05, 0.1) is 5.56 Å². The minimum atomic E-state index is -0.561. The summed E-state index contributed by atoms with van der Waals surface area (Å²) in [6, 6.07) is 17.4. The predicted octanol–water partition coefficient (Wildman–Crippen LogP) is 8.01. The van der Waals surface area contributed by atoms with Crippen LogP contribution < -0.4 is 0 Å². The minimum absolute atomic E-state index is 0.121. The minimum Gasteiger partial charge on any atom is -0.206 e. The highest BCUT2D eigenvalue weighted by Crippen LogP contribution is 2.32. The first-order valence-corrected chi connectivity index (χ1v) is 12.8. The van der Waals surface area contributed by atoms with Gasteiger partial charge in [0.15, 0.2) is 0 Å². The van der Waals surface area contributed by atoms with E-state index < -0.39 is 11.6 Å². The molecule has 0 fully saturated rings. The molecule has 0 aliphatic heterocycles. The second kappa shape index (κ2) is 11.9. The van der Waals surface area contributed by atoms with Crippen LogP contribution in [0.3, 0.4) is 0 Å². The highest BCUT2D eigenvalue weighted by atomic mass is 19.1. The van der Waals surface area contributed by atoms with E-state index in [-0.39, 0.29) is 5.56 Å². The summed E-state index contributed by atoms with van der Waals surface area (Å²) in [6.45, 7) is 4.35. The number of benzene rings is 3. The van der Waals surface area contributed by atoms with Gasteiger partial charge in [-0.1, -0.05) is 68.9 Å². The average molecular weight is 467 g/mol. The van der Waals surface area contributed by atoms with Crippen LogP contribution in [0.15, 0.2) is 54.6 Å². The van der Waals surface area contributed by atoms with E-state index in [4.69, 9.17) is 0 Å². The second-order valence-electron chi connectivity index (χ2n) is 9.46. The van der Waals surface area contributed by atoms with E-state index in [1.165, 1.54) is 24.5 Å². The van der Waals surface area contributed by atoms with Crippen molar-refractivity contribution in [2.24, 2.45) is 5.92 Å². The van der Waals surface area contributed by atoms with Gasteiger partial charge in [-0.15, -0.1) is 0 Å². The molecule has 0 amide bonds. The van der Waals surface area contributed by atoms with Crippen molar-refractivity contribution in [3.05, 3.63) is 105 Å². The van der Waals surface area contributed by atoms with Crippen LogP contribution in [-0.4, -0.2) is 0 Å². The van der Waals surface area contributed by atoms with Gasteiger partial charge in [-0.2, -0.15) is 0 Å². The van der Waals surface area contributed by atoms with Crippen molar-refractivity contribution in [1.82, 2.24) is 0 Å². The van der Waals surface area contributed by atoms with Gasteiger partial charge >= 0.3 is 0 Å². The molecular weight excluding hydrogens is 434 g/mol. The van der Waals surface area contributed by atoms with Crippen molar-refractivity contribution >= 4 is 0 Å². The third-order valence-electron chi connectivity index (χ3n) is 6.76. The van der Waals surface area contributed by atoms with Gasteiger partial charge in [-0.3, -0.25) is 0 Å². The van der Waals surface area contributed by atoms with E-state index >= 15 is 4.39 Å². The Morgan fingerprint density at radius 1 is 0.800 bits per heavy atom. The van der Waals surface area contributed by atoms with Crippen LogP contribution in [0.1, 0.15) is 84.9 Å². The van der Waals surface area contributed by atoms with Crippen molar-refractivity contribution in [3.8, 4) is 23.7 Å². The smallest absolute Gasteiger partial charge is 0.145 e. The molecule has 0 aromatic heterocycles. The van der Waals surface area contributed by atoms with Gasteiger partial charge in [-0.25, -0.2) is 8.78 Å². The number of unbranched alkanes of at least 4 members (excludes halogenated alkanes) is 1. The number of rotatable bonds is 5. The summed E-state index contributed by atoms with van der Waals surface area (Å²) in [7, 11) is 0. The molecule has 1 atom stereocenters. The number of aryl methyl sites for hydroxylation is 1. The molecule has 0 nitrogen and oxygen atoms in total. The molecular formula is C33H32F2. The Labute approximate surface area is 208 Å². The summed E-state index contributed by atoms with van der Waals surface area (Å²) in [5.74, 6) is 11.5. The van der Waals surface area contributed by atoms with E-state index in [1.807, 2.05) is 24.3 Å². The third kappa shape index (κ3) is 6.41. The predicted molar refractivity (Wildman–Crippen MR) is 140 cm³/mol.